The molecule has 0 unspecified atom stereocenters. The van der Waals surface area contributed by atoms with Crippen LogP contribution in [0.25, 0.3) is 0 Å². The van der Waals surface area contributed by atoms with E-state index in [0.29, 0.717) is 37.8 Å². The van der Waals surface area contributed by atoms with Crippen molar-refractivity contribution in [3.63, 3.8) is 0 Å². The number of halogens is 3. The van der Waals surface area contributed by atoms with Gasteiger partial charge in [0.25, 0.3) is 5.91 Å². The Kier molecular flexibility index (Phi) is 6.16. The molecule has 1 fully saturated rings. The van der Waals surface area contributed by atoms with E-state index in [9.17, 15) is 18.0 Å². The molecule has 0 spiro atoms. The zero-order valence-corrected chi connectivity index (χ0v) is 14.9. The molecule has 1 heterocycles. The number of likely N-dealkylation sites (tertiary alicyclic amines) is 1. The first kappa shape index (κ1) is 19.4. The Bertz CT molecular complexity index is 736. The van der Waals surface area contributed by atoms with E-state index < -0.39 is 11.7 Å². The average Bonchev–Trinajstić information content (AvgIpc) is 2.68. The molecular weight excluding hydrogens is 355 g/mol. The highest BCUT2D eigenvalue weighted by Gasteiger charge is 2.30. The highest BCUT2D eigenvalue weighted by Crippen LogP contribution is 2.29. The van der Waals surface area contributed by atoms with E-state index in [2.05, 4.69) is 0 Å². The maximum Gasteiger partial charge on any atom is 0.416 e. The SMILES string of the molecule is O=C(c1ccc(C(F)(F)F)cc1)N1CCC(COCc2ccccc2)CC1. The first-order valence-electron chi connectivity index (χ1n) is 9.01. The number of carbonyl (C=O) groups is 1. The van der Waals surface area contributed by atoms with Gasteiger partial charge in [-0.3, -0.25) is 4.79 Å². The van der Waals surface area contributed by atoms with Crippen molar-refractivity contribution < 1.29 is 22.7 Å². The number of piperidine rings is 1. The lowest BCUT2D eigenvalue weighted by Crippen LogP contribution is -2.39. The summed E-state index contributed by atoms with van der Waals surface area (Å²) in [6, 6.07) is 14.4. The number of rotatable bonds is 5. The van der Waals surface area contributed by atoms with Gasteiger partial charge in [0, 0.05) is 25.3 Å². The zero-order chi connectivity index (χ0) is 19.3. The molecule has 0 saturated carbocycles. The molecule has 6 heteroatoms. The maximum absolute atomic E-state index is 12.6. The van der Waals surface area contributed by atoms with Crippen molar-refractivity contribution in [2.45, 2.75) is 25.6 Å². The van der Waals surface area contributed by atoms with Crippen molar-refractivity contribution in [2.24, 2.45) is 5.92 Å². The van der Waals surface area contributed by atoms with Crippen molar-refractivity contribution in [1.29, 1.82) is 0 Å². The van der Waals surface area contributed by atoms with Gasteiger partial charge in [-0.05, 0) is 48.6 Å². The smallest absolute Gasteiger partial charge is 0.376 e. The molecule has 1 saturated heterocycles. The van der Waals surface area contributed by atoms with Gasteiger partial charge in [0.1, 0.15) is 0 Å². The number of ether oxygens (including phenoxy) is 1. The lowest BCUT2D eigenvalue weighted by atomic mass is 9.97. The first-order valence-corrected chi connectivity index (χ1v) is 9.01. The molecule has 1 aliphatic heterocycles. The summed E-state index contributed by atoms with van der Waals surface area (Å²) in [6.07, 6.45) is -2.72. The number of alkyl halides is 3. The summed E-state index contributed by atoms with van der Waals surface area (Å²) in [5.41, 5.74) is 0.683. The second-order valence-corrected chi connectivity index (χ2v) is 6.81. The standard InChI is InChI=1S/C21H22F3NO2/c22-21(23,24)19-8-6-18(7-9-19)20(26)25-12-10-17(11-13-25)15-27-14-16-4-2-1-3-5-16/h1-9,17H,10-15H2. The number of hydrogen-bond acceptors (Lipinski definition) is 2. The second kappa shape index (κ2) is 8.57. The summed E-state index contributed by atoms with van der Waals surface area (Å²) in [6.45, 7) is 2.42. The number of amides is 1. The van der Waals surface area contributed by atoms with E-state index in [0.717, 1.165) is 30.5 Å². The lowest BCUT2D eigenvalue weighted by molar-refractivity contribution is -0.137. The summed E-state index contributed by atoms with van der Waals surface area (Å²) in [5, 5.41) is 0. The van der Waals surface area contributed by atoms with Crippen LogP contribution < -0.4 is 0 Å². The molecule has 1 aliphatic rings. The van der Waals surface area contributed by atoms with Gasteiger partial charge < -0.3 is 9.64 Å². The molecule has 2 aromatic carbocycles. The largest absolute Gasteiger partial charge is 0.416 e. The Labute approximate surface area is 156 Å². The van der Waals surface area contributed by atoms with Gasteiger partial charge >= 0.3 is 6.18 Å². The minimum absolute atomic E-state index is 0.215. The Morgan fingerprint density at radius 1 is 1.00 bits per heavy atom. The van der Waals surface area contributed by atoms with E-state index >= 15 is 0 Å². The van der Waals surface area contributed by atoms with E-state index in [1.807, 2.05) is 30.3 Å². The van der Waals surface area contributed by atoms with Crippen molar-refractivity contribution >= 4 is 5.91 Å². The van der Waals surface area contributed by atoms with Gasteiger partial charge in [0.05, 0.1) is 12.2 Å². The zero-order valence-electron chi connectivity index (χ0n) is 14.9. The number of carbonyl (C=O) groups excluding carboxylic acids is 1. The minimum Gasteiger partial charge on any atom is -0.376 e. The molecule has 0 bridgehead atoms. The minimum atomic E-state index is -4.39. The number of hydrogen-bond donors (Lipinski definition) is 0. The highest BCUT2D eigenvalue weighted by atomic mass is 19.4. The van der Waals surface area contributed by atoms with E-state index in [-0.39, 0.29) is 5.91 Å². The van der Waals surface area contributed by atoms with Gasteiger partial charge in [-0.2, -0.15) is 13.2 Å². The van der Waals surface area contributed by atoms with E-state index in [1.165, 1.54) is 12.1 Å². The molecule has 2 aromatic rings. The summed E-state index contributed by atoms with van der Waals surface area (Å²) >= 11 is 0. The monoisotopic (exact) mass is 377 g/mol. The molecule has 0 atom stereocenters. The summed E-state index contributed by atoms with van der Waals surface area (Å²) in [4.78, 5) is 14.2. The molecule has 3 nitrogen and oxygen atoms in total. The van der Waals surface area contributed by atoms with Crippen molar-refractivity contribution in [2.75, 3.05) is 19.7 Å². The summed E-state index contributed by atoms with van der Waals surface area (Å²) in [7, 11) is 0. The van der Waals surface area contributed by atoms with Crippen molar-refractivity contribution in [1.82, 2.24) is 4.90 Å². The Morgan fingerprint density at radius 3 is 2.22 bits per heavy atom. The van der Waals surface area contributed by atoms with Crippen LogP contribution in [-0.2, 0) is 17.5 Å². The van der Waals surface area contributed by atoms with Crippen molar-refractivity contribution in [3.05, 3.63) is 71.3 Å². The highest BCUT2D eigenvalue weighted by molar-refractivity contribution is 5.94. The average molecular weight is 377 g/mol. The molecule has 1 amide bonds. The predicted molar refractivity (Wildman–Crippen MR) is 96.2 cm³/mol. The van der Waals surface area contributed by atoms with Crippen LogP contribution in [0.3, 0.4) is 0 Å². The molecular formula is C21H22F3NO2. The molecule has 0 radical (unpaired) electrons. The normalized spacial score (nSPS) is 15.7. The Balaban J connectivity index is 1.45. The van der Waals surface area contributed by atoms with Gasteiger partial charge in [-0.25, -0.2) is 0 Å². The molecule has 0 aromatic heterocycles. The van der Waals surface area contributed by atoms with Gasteiger partial charge in [-0.1, -0.05) is 30.3 Å². The quantitative estimate of drug-likeness (QED) is 0.751. The van der Waals surface area contributed by atoms with Crippen LogP contribution in [0.2, 0.25) is 0 Å². The predicted octanol–water partition coefficient (Wildman–Crippen LogP) is 4.77. The molecule has 0 aliphatic carbocycles. The summed E-state index contributed by atoms with van der Waals surface area (Å²) in [5.74, 6) is 0.178. The topological polar surface area (TPSA) is 29.5 Å². The fraction of sp³-hybridized carbons (Fsp3) is 0.381. The van der Waals surface area contributed by atoms with Gasteiger partial charge in [-0.15, -0.1) is 0 Å². The van der Waals surface area contributed by atoms with Crippen LogP contribution in [-0.4, -0.2) is 30.5 Å². The number of benzene rings is 2. The van der Waals surface area contributed by atoms with Crippen LogP contribution in [0.15, 0.2) is 54.6 Å². The van der Waals surface area contributed by atoms with Crippen LogP contribution in [0, 0.1) is 5.92 Å². The van der Waals surface area contributed by atoms with Crippen LogP contribution in [0.4, 0.5) is 13.2 Å². The lowest BCUT2D eigenvalue weighted by Gasteiger charge is -2.32. The molecule has 3 rings (SSSR count). The third kappa shape index (κ3) is 5.32. The van der Waals surface area contributed by atoms with Crippen LogP contribution >= 0.6 is 0 Å². The van der Waals surface area contributed by atoms with Crippen LogP contribution in [0.5, 0.6) is 0 Å². The number of nitrogens with zero attached hydrogens (tertiary/aromatic N) is 1. The molecule has 27 heavy (non-hydrogen) atoms. The van der Waals surface area contributed by atoms with Gasteiger partial charge in [0.2, 0.25) is 0 Å². The van der Waals surface area contributed by atoms with E-state index in [4.69, 9.17) is 4.74 Å². The third-order valence-corrected chi connectivity index (χ3v) is 4.83. The third-order valence-electron chi connectivity index (χ3n) is 4.83. The van der Waals surface area contributed by atoms with Crippen molar-refractivity contribution in [3.8, 4) is 0 Å². The molecule has 0 N–H and O–H groups in total. The summed E-state index contributed by atoms with van der Waals surface area (Å²) < 4.78 is 43.6. The maximum atomic E-state index is 12.6. The fourth-order valence-electron chi connectivity index (χ4n) is 3.20. The van der Waals surface area contributed by atoms with Gasteiger partial charge in [0.15, 0.2) is 0 Å². The molecule has 144 valence electrons. The fourth-order valence-corrected chi connectivity index (χ4v) is 3.20. The van der Waals surface area contributed by atoms with E-state index in [1.54, 1.807) is 4.90 Å². The second-order valence-electron chi connectivity index (χ2n) is 6.81. The Hall–Kier alpha value is -2.34. The first-order chi connectivity index (χ1) is 12.9. The Morgan fingerprint density at radius 2 is 1.63 bits per heavy atom. The van der Waals surface area contributed by atoms with Crippen LogP contribution in [0.1, 0.15) is 34.3 Å².